The number of rotatable bonds is 3. The summed E-state index contributed by atoms with van der Waals surface area (Å²) in [7, 11) is 0. The fourth-order valence-corrected chi connectivity index (χ4v) is 1.81. The van der Waals surface area contributed by atoms with Gasteiger partial charge in [0.25, 0.3) is 0 Å². The molecule has 15 heavy (non-hydrogen) atoms. The largest absolute Gasteiger partial charge is 0.383 e. The third-order valence-corrected chi connectivity index (χ3v) is 3.54. The van der Waals surface area contributed by atoms with Crippen LogP contribution in [0.1, 0.15) is 37.4 Å². The standard InChI is InChI=1S/C10H13BrN4/c11-7-8(12)14-9(5-1-2-5)15-10(7)13-6-3-4-6/h5-6H,1-4H2,(H3,12,13,14,15). The highest BCUT2D eigenvalue weighted by atomic mass is 79.9. The highest BCUT2D eigenvalue weighted by Crippen LogP contribution is 2.40. The summed E-state index contributed by atoms with van der Waals surface area (Å²) in [5, 5.41) is 3.37. The lowest BCUT2D eigenvalue weighted by Crippen LogP contribution is -2.09. The van der Waals surface area contributed by atoms with Crippen molar-refractivity contribution in [2.75, 3.05) is 11.1 Å². The van der Waals surface area contributed by atoms with Crippen LogP contribution in [-0.2, 0) is 0 Å². The van der Waals surface area contributed by atoms with Crippen molar-refractivity contribution >= 4 is 27.6 Å². The Morgan fingerprint density at radius 3 is 2.53 bits per heavy atom. The normalized spacial score (nSPS) is 20.3. The predicted molar refractivity (Wildman–Crippen MR) is 62.8 cm³/mol. The first-order chi connectivity index (χ1) is 7.24. The second kappa shape index (κ2) is 3.33. The molecule has 0 saturated heterocycles. The van der Waals surface area contributed by atoms with Crippen LogP contribution in [0.3, 0.4) is 0 Å². The van der Waals surface area contributed by atoms with E-state index in [-0.39, 0.29) is 0 Å². The van der Waals surface area contributed by atoms with Crippen molar-refractivity contribution in [1.82, 2.24) is 9.97 Å². The maximum absolute atomic E-state index is 5.85. The summed E-state index contributed by atoms with van der Waals surface area (Å²) in [6.07, 6.45) is 4.86. The summed E-state index contributed by atoms with van der Waals surface area (Å²) in [5.41, 5.74) is 5.85. The predicted octanol–water partition coefficient (Wildman–Crippen LogP) is 2.27. The highest BCUT2D eigenvalue weighted by molar-refractivity contribution is 9.10. The molecule has 0 aliphatic heterocycles. The highest BCUT2D eigenvalue weighted by Gasteiger charge is 2.29. The zero-order valence-corrected chi connectivity index (χ0v) is 9.92. The number of nitrogen functional groups attached to an aromatic ring is 1. The number of nitrogens with two attached hydrogens (primary N) is 1. The number of hydrogen-bond donors (Lipinski definition) is 2. The molecule has 3 rings (SSSR count). The van der Waals surface area contributed by atoms with Crippen molar-refractivity contribution in [3.8, 4) is 0 Å². The minimum Gasteiger partial charge on any atom is -0.383 e. The zero-order valence-electron chi connectivity index (χ0n) is 8.33. The fourth-order valence-electron chi connectivity index (χ4n) is 1.52. The van der Waals surface area contributed by atoms with E-state index in [1.807, 2.05) is 0 Å². The van der Waals surface area contributed by atoms with Gasteiger partial charge in [0.2, 0.25) is 0 Å². The van der Waals surface area contributed by atoms with Gasteiger partial charge in [0, 0.05) is 12.0 Å². The van der Waals surface area contributed by atoms with Crippen LogP contribution in [0.4, 0.5) is 11.6 Å². The number of nitrogens with zero attached hydrogens (tertiary/aromatic N) is 2. The first-order valence-corrected chi connectivity index (χ1v) is 6.13. The minimum absolute atomic E-state index is 0.542. The second-order valence-corrected chi connectivity index (χ2v) is 5.12. The summed E-state index contributed by atoms with van der Waals surface area (Å²) >= 11 is 3.43. The van der Waals surface area contributed by atoms with E-state index in [9.17, 15) is 0 Å². The summed E-state index contributed by atoms with van der Waals surface area (Å²) in [4.78, 5) is 8.83. The van der Waals surface area contributed by atoms with E-state index in [1.54, 1.807) is 0 Å². The molecular weight excluding hydrogens is 256 g/mol. The van der Waals surface area contributed by atoms with Crippen LogP contribution in [0.2, 0.25) is 0 Å². The van der Waals surface area contributed by atoms with Crippen molar-refractivity contribution < 1.29 is 0 Å². The lowest BCUT2D eigenvalue weighted by atomic mass is 10.4. The van der Waals surface area contributed by atoms with Gasteiger partial charge in [0.15, 0.2) is 0 Å². The molecular formula is C10H13BrN4. The second-order valence-electron chi connectivity index (χ2n) is 4.32. The molecule has 2 aliphatic rings. The van der Waals surface area contributed by atoms with Gasteiger partial charge in [-0.2, -0.15) is 0 Å². The van der Waals surface area contributed by atoms with E-state index < -0.39 is 0 Å². The maximum Gasteiger partial charge on any atom is 0.146 e. The van der Waals surface area contributed by atoms with Crippen molar-refractivity contribution in [2.45, 2.75) is 37.6 Å². The zero-order chi connectivity index (χ0) is 10.4. The average molecular weight is 269 g/mol. The summed E-state index contributed by atoms with van der Waals surface area (Å²) in [6, 6.07) is 0.586. The van der Waals surface area contributed by atoms with E-state index in [0.29, 0.717) is 17.8 Å². The Morgan fingerprint density at radius 1 is 1.20 bits per heavy atom. The van der Waals surface area contributed by atoms with Crippen molar-refractivity contribution in [3.63, 3.8) is 0 Å². The van der Waals surface area contributed by atoms with Crippen molar-refractivity contribution in [3.05, 3.63) is 10.3 Å². The Morgan fingerprint density at radius 2 is 1.93 bits per heavy atom. The van der Waals surface area contributed by atoms with E-state index in [0.717, 1.165) is 16.1 Å². The third kappa shape index (κ3) is 1.93. The molecule has 0 radical (unpaired) electrons. The van der Waals surface area contributed by atoms with Crippen LogP contribution in [0, 0.1) is 0 Å². The van der Waals surface area contributed by atoms with Crippen LogP contribution < -0.4 is 11.1 Å². The number of halogens is 1. The molecule has 2 aliphatic carbocycles. The molecule has 2 saturated carbocycles. The lowest BCUT2D eigenvalue weighted by Gasteiger charge is -2.09. The molecule has 0 bridgehead atoms. The van der Waals surface area contributed by atoms with Gasteiger partial charge in [-0.25, -0.2) is 9.97 Å². The lowest BCUT2D eigenvalue weighted by molar-refractivity contribution is 0.921. The molecule has 0 amide bonds. The quantitative estimate of drug-likeness (QED) is 0.883. The molecule has 0 atom stereocenters. The summed E-state index contributed by atoms with van der Waals surface area (Å²) < 4.78 is 0.804. The smallest absolute Gasteiger partial charge is 0.146 e. The molecule has 1 aromatic rings. The Balaban J connectivity index is 1.93. The maximum atomic E-state index is 5.85. The van der Waals surface area contributed by atoms with Crippen LogP contribution >= 0.6 is 15.9 Å². The van der Waals surface area contributed by atoms with Crippen LogP contribution in [0.15, 0.2) is 4.47 Å². The molecule has 80 valence electrons. The molecule has 3 N–H and O–H groups in total. The number of anilines is 2. The first-order valence-electron chi connectivity index (χ1n) is 5.33. The van der Waals surface area contributed by atoms with E-state index in [4.69, 9.17) is 5.73 Å². The molecule has 1 heterocycles. The van der Waals surface area contributed by atoms with Gasteiger partial charge in [-0.1, -0.05) is 0 Å². The molecule has 5 heteroatoms. The van der Waals surface area contributed by atoms with Gasteiger partial charge < -0.3 is 11.1 Å². The van der Waals surface area contributed by atoms with Crippen molar-refractivity contribution in [2.24, 2.45) is 0 Å². The van der Waals surface area contributed by atoms with E-state index in [2.05, 4.69) is 31.2 Å². The number of hydrogen-bond acceptors (Lipinski definition) is 4. The molecule has 0 aromatic carbocycles. The van der Waals surface area contributed by atoms with Crippen molar-refractivity contribution in [1.29, 1.82) is 0 Å². The van der Waals surface area contributed by atoms with E-state index in [1.165, 1.54) is 25.7 Å². The Kier molecular flexibility index (Phi) is 2.09. The van der Waals surface area contributed by atoms with Gasteiger partial charge in [0.1, 0.15) is 21.9 Å². The van der Waals surface area contributed by atoms with Crippen LogP contribution in [-0.4, -0.2) is 16.0 Å². The molecule has 2 fully saturated rings. The summed E-state index contributed by atoms with van der Waals surface area (Å²) in [5.74, 6) is 2.86. The Bertz CT molecular complexity index is 399. The molecule has 1 aromatic heterocycles. The molecule has 0 spiro atoms. The Hall–Kier alpha value is -0.840. The van der Waals surface area contributed by atoms with Crippen LogP contribution in [0.25, 0.3) is 0 Å². The number of aromatic nitrogens is 2. The van der Waals surface area contributed by atoms with Crippen LogP contribution in [0.5, 0.6) is 0 Å². The Labute approximate surface area is 96.8 Å². The fraction of sp³-hybridized carbons (Fsp3) is 0.600. The molecule has 4 nitrogen and oxygen atoms in total. The average Bonchev–Trinajstić information content (AvgIpc) is 3.03. The van der Waals surface area contributed by atoms with E-state index >= 15 is 0 Å². The first kappa shape index (κ1) is 9.39. The van der Waals surface area contributed by atoms with Gasteiger partial charge in [-0.15, -0.1) is 0 Å². The minimum atomic E-state index is 0.542. The van der Waals surface area contributed by atoms with Gasteiger partial charge >= 0.3 is 0 Å². The van der Waals surface area contributed by atoms with Gasteiger partial charge in [0.05, 0.1) is 0 Å². The third-order valence-electron chi connectivity index (χ3n) is 2.75. The molecule has 0 unspecified atom stereocenters. The monoisotopic (exact) mass is 268 g/mol. The van der Waals surface area contributed by atoms with Gasteiger partial charge in [-0.3, -0.25) is 0 Å². The topological polar surface area (TPSA) is 63.8 Å². The number of nitrogens with one attached hydrogen (secondary N) is 1. The van der Waals surface area contributed by atoms with Gasteiger partial charge in [-0.05, 0) is 41.6 Å². The SMILES string of the molecule is Nc1nc(C2CC2)nc(NC2CC2)c1Br. The summed E-state index contributed by atoms with van der Waals surface area (Å²) in [6.45, 7) is 0.